The largest absolute Gasteiger partial charge is 0.475 e. The third-order valence-electron chi connectivity index (χ3n) is 5.39. The van der Waals surface area contributed by atoms with Crippen molar-refractivity contribution in [3.05, 3.63) is 118 Å². The first kappa shape index (κ1) is 26.1. The van der Waals surface area contributed by atoms with Crippen LogP contribution in [0.2, 0.25) is 0 Å². The van der Waals surface area contributed by atoms with Crippen LogP contribution in [-0.2, 0) is 6.54 Å². The lowest BCUT2D eigenvalue weighted by molar-refractivity contribution is 0.0679. The molecule has 4 aromatic rings. The van der Waals surface area contributed by atoms with Crippen LogP contribution in [0, 0.1) is 0 Å². The van der Waals surface area contributed by atoms with Crippen LogP contribution < -0.4 is 27.3 Å². The van der Waals surface area contributed by atoms with Gasteiger partial charge in [0.25, 0.3) is 0 Å². The summed E-state index contributed by atoms with van der Waals surface area (Å²) in [5.74, 6) is -1.88. The zero-order valence-electron chi connectivity index (χ0n) is 19.5. The number of hydrogen-bond donors (Lipinski definition) is 1. The lowest BCUT2D eigenvalue weighted by atomic mass is 10.4. The summed E-state index contributed by atoms with van der Waals surface area (Å²) < 4.78 is 1.87. The number of benzene rings is 3. The van der Waals surface area contributed by atoms with Crippen molar-refractivity contribution < 1.29 is 9.90 Å². The van der Waals surface area contributed by atoms with Gasteiger partial charge < -0.3 is 5.11 Å². The van der Waals surface area contributed by atoms with Gasteiger partial charge in [0.1, 0.15) is 0 Å². The first-order chi connectivity index (χ1) is 16.8. The molecule has 0 saturated carbocycles. The summed E-state index contributed by atoms with van der Waals surface area (Å²) in [7, 11) is -0.0826. The maximum absolute atomic E-state index is 11.6. The topological polar surface area (TPSA) is 94.2 Å². The molecule has 7 nitrogen and oxygen atoms in total. The van der Waals surface area contributed by atoms with Crippen molar-refractivity contribution in [3.63, 3.8) is 0 Å². The number of carboxylic acid groups (broad SMARTS) is 1. The number of aromatic carboxylic acids is 1. The summed E-state index contributed by atoms with van der Waals surface area (Å²) in [4.78, 5) is 36.9. The number of nitrogens with zero attached hydrogens (tertiary/aromatic N) is 3. The molecule has 0 aliphatic heterocycles. The highest BCUT2D eigenvalue weighted by Gasteiger charge is 2.21. The molecule has 180 valence electrons. The van der Waals surface area contributed by atoms with Crippen LogP contribution >= 0.6 is 15.6 Å². The van der Waals surface area contributed by atoms with E-state index in [9.17, 15) is 14.4 Å². The minimum absolute atomic E-state index is 0.0826. The molecule has 0 spiro atoms. The lowest BCUT2D eigenvalue weighted by Crippen LogP contribution is -2.41. The fourth-order valence-electron chi connectivity index (χ4n) is 3.60. The fraction of sp³-hybridized carbons (Fsp3) is 0.115. The monoisotopic (exact) mass is 507 g/mol. The molecule has 1 unspecified atom stereocenters. The van der Waals surface area contributed by atoms with Crippen molar-refractivity contribution in [2.75, 3.05) is 6.66 Å². The van der Waals surface area contributed by atoms with E-state index < -0.39 is 30.1 Å². The standard InChI is InChI=1S/C19H17P.C7H10N3O4P/c1-20(17-11-5-2-6-12-17,18-13-7-3-8-14-18)19-15-9-4-10-16-19;1-3-9-6(13)8-4(5(11)12)10(15-2)7(9)14/h2-16H,1H2;15H,3H2,1-2H3,(H,11,12). The molecule has 3 aromatic carbocycles. The van der Waals surface area contributed by atoms with Gasteiger partial charge in [0.2, 0.25) is 5.82 Å². The van der Waals surface area contributed by atoms with E-state index in [2.05, 4.69) is 96.0 Å². The minimum Gasteiger partial charge on any atom is -0.475 e. The van der Waals surface area contributed by atoms with Gasteiger partial charge in [-0.1, -0.05) is 97.3 Å². The van der Waals surface area contributed by atoms with Crippen LogP contribution in [-0.4, -0.2) is 37.9 Å². The van der Waals surface area contributed by atoms with Gasteiger partial charge in [-0.2, -0.15) is 4.98 Å². The van der Waals surface area contributed by atoms with Gasteiger partial charge in [-0.3, -0.25) is 4.34 Å². The predicted octanol–water partition coefficient (Wildman–Crippen LogP) is 2.61. The molecule has 0 amide bonds. The molecule has 1 atom stereocenters. The van der Waals surface area contributed by atoms with Crippen LogP contribution in [0.4, 0.5) is 0 Å². The van der Waals surface area contributed by atoms with Crippen molar-refractivity contribution in [2.24, 2.45) is 0 Å². The number of aromatic nitrogens is 3. The molecule has 35 heavy (non-hydrogen) atoms. The van der Waals surface area contributed by atoms with Crippen molar-refractivity contribution in [1.29, 1.82) is 0 Å². The number of carbonyl (C=O) groups is 1. The van der Waals surface area contributed by atoms with E-state index in [0.717, 1.165) is 8.90 Å². The van der Waals surface area contributed by atoms with E-state index in [0.29, 0.717) is 0 Å². The third kappa shape index (κ3) is 5.59. The molecule has 1 N–H and O–H groups in total. The number of carboxylic acids is 1. The molecule has 4 rings (SSSR count). The second-order valence-electron chi connectivity index (χ2n) is 7.43. The Bertz CT molecular complexity index is 1350. The average Bonchev–Trinajstić information content (AvgIpc) is 2.90. The molecule has 0 fully saturated rings. The second-order valence-corrected chi connectivity index (χ2v) is 11.5. The number of rotatable bonds is 6. The first-order valence-corrected chi connectivity index (χ1v) is 14.3. The molecule has 1 aromatic heterocycles. The van der Waals surface area contributed by atoms with Crippen LogP contribution in [0.1, 0.15) is 17.5 Å². The highest BCUT2D eigenvalue weighted by Crippen LogP contribution is 2.41. The Hall–Kier alpha value is -3.53. The van der Waals surface area contributed by atoms with Gasteiger partial charge in [0, 0.05) is 6.54 Å². The van der Waals surface area contributed by atoms with Crippen LogP contribution in [0.25, 0.3) is 0 Å². The highest BCUT2D eigenvalue weighted by atomic mass is 31.2. The smallest absolute Gasteiger partial charge is 0.372 e. The van der Waals surface area contributed by atoms with E-state index in [1.807, 2.05) is 0 Å². The van der Waals surface area contributed by atoms with Crippen molar-refractivity contribution in [1.82, 2.24) is 13.9 Å². The summed E-state index contributed by atoms with van der Waals surface area (Å²) in [6.45, 7) is 1.66. The van der Waals surface area contributed by atoms with Gasteiger partial charge in [0.15, 0.2) is 0 Å². The molecule has 0 radical (unpaired) electrons. The highest BCUT2D eigenvalue weighted by molar-refractivity contribution is 7.93. The van der Waals surface area contributed by atoms with Gasteiger partial charge in [0.05, 0.1) is 0 Å². The van der Waals surface area contributed by atoms with Gasteiger partial charge >= 0.3 is 17.3 Å². The second kappa shape index (κ2) is 11.7. The van der Waals surface area contributed by atoms with Gasteiger partial charge in [-0.05, 0) is 45.1 Å². The number of hydrogen-bond acceptors (Lipinski definition) is 4. The van der Waals surface area contributed by atoms with E-state index in [4.69, 9.17) is 11.4 Å². The minimum atomic E-state index is -1.78. The van der Waals surface area contributed by atoms with Crippen LogP contribution in [0.3, 0.4) is 0 Å². The Morgan fingerprint density at radius 2 is 1.29 bits per heavy atom. The van der Waals surface area contributed by atoms with Crippen molar-refractivity contribution in [3.8, 4) is 0 Å². The van der Waals surface area contributed by atoms with Crippen molar-refractivity contribution in [2.45, 2.75) is 13.5 Å². The zero-order chi connectivity index (χ0) is 25.4. The van der Waals surface area contributed by atoms with Crippen molar-refractivity contribution >= 4 is 43.8 Å². The molecule has 0 aliphatic carbocycles. The normalized spacial score (nSPS) is 11.1. The van der Waals surface area contributed by atoms with Crippen LogP contribution in [0.5, 0.6) is 0 Å². The third-order valence-corrected chi connectivity index (χ3v) is 9.78. The summed E-state index contributed by atoms with van der Waals surface area (Å²) in [6, 6.07) is 31.9. The van der Waals surface area contributed by atoms with E-state index in [-0.39, 0.29) is 15.3 Å². The molecular formula is C26H27N3O4P2. The molecule has 1 heterocycles. The molecule has 9 heteroatoms. The van der Waals surface area contributed by atoms with E-state index in [1.165, 1.54) is 15.9 Å². The Morgan fingerprint density at radius 3 is 1.60 bits per heavy atom. The predicted molar refractivity (Wildman–Crippen MR) is 147 cm³/mol. The first-order valence-electron chi connectivity index (χ1n) is 10.9. The fourth-order valence-corrected chi connectivity index (χ4v) is 7.21. The Labute approximate surface area is 205 Å². The quantitative estimate of drug-likeness (QED) is 0.405. The Kier molecular flexibility index (Phi) is 8.75. The Balaban J connectivity index is 0.000000205. The molecule has 0 bridgehead atoms. The summed E-state index contributed by atoms with van der Waals surface area (Å²) >= 11 is 0. The maximum atomic E-state index is 11.6. The molecular weight excluding hydrogens is 480 g/mol. The maximum Gasteiger partial charge on any atom is 0.372 e. The zero-order valence-corrected chi connectivity index (χ0v) is 21.4. The van der Waals surface area contributed by atoms with Gasteiger partial charge in [-0.25, -0.2) is 19.0 Å². The van der Waals surface area contributed by atoms with E-state index in [1.54, 1.807) is 13.6 Å². The molecule has 0 aliphatic rings. The summed E-state index contributed by atoms with van der Waals surface area (Å²) in [5, 5.41) is 12.7. The lowest BCUT2D eigenvalue weighted by Gasteiger charge is -2.26. The van der Waals surface area contributed by atoms with E-state index >= 15 is 0 Å². The Morgan fingerprint density at radius 1 is 0.886 bits per heavy atom. The molecule has 0 saturated heterocycles. The average molecular weight is 507 g/mol. The van der Waals surface area contributed by atoms with Gasteiger partial charge in [-0.15, -0.1) is 0 Å². The van der Waals surface area contributed by atoms with Crippen LogP contribution in [0.15, 0.2) is 101 Å². The summed E-state index contributed by atoms with van der Waals surface area (Å²) in [5.41, 5.74) is -1.45. The summed E-state index contributed by atoms with van der Waals surface area (Å²) in [6.07, 6.45) is 4.69. The SMILES string of the molecule is C=P(c1ccccc1)(c1ccccc1)c1ccccc1.CCn1c(=O)nc(C(=O)O)n(PC)c1=O.